The topological polar surface area (TPSA) is 88.3 Å². The van der Waals surface area contributed by atoms with Gasteiger partial charge in [-0.1, -0.05) is 35.5 Å². The van der Waals surface area contributed by atoms with E-state index in [2.05, 4.69) is 15.5 Å². The zero-order valence-corrected chi connectivity index (χ0v) is 15.5. The predicted octanol–water partition coefficient (Wildman–Crippen LogP) is 3.03. The molecule has 0 spiro atoms. The number of amides is 2. The molecule has 142 valence electrons. The van der Waals surface area contributed by atoms with E-state index in [0.29, 0.717) is 30.5 Å². The molecule has 0 aliphatic carbocycles. The van der Waals surface area contributed by atoms with Crippen molar-refractivity contribution in [2.45, 2.75) is 19.9 Å². The summed E-state index contributed by atoms with van der Waals surface area (Å²) in [6, 6.07) is 17.0. The summed E-state index contributed by atoms with van der Waals surface area (Å²) in [5.74, 6) is 0.512. The number of anilines is 1. The van der Waals surface area contributed by atoms with Gasteiger partial charge < -0.3 is 14.7 Å². The van der Waals surface area contributed by atoms with Gasteiger partial charge in [0.05, 0.1) is 5.92 Å². The van der Waals surface area contributed by atoms with Crippen LogP contribution < -0.4 is 5.32 Å². The number of likely N-dealkylation sites (tertiary alicyclic amines) is 1. The molecule has 1 fully saturated rings. The molecule has 0 bridgehead atoms. The second kappa shape index (κ2) is 7.64. The Morgan fingerprint density at radius 1 is 1.18 bits per heavy atom. The molecule has 4 rings (SSSR count). The minimum absolute atomic E-state index is 0.00566. The van der Waals surface area contributed by atoms with Crippen LogP contribution in [0.1, 0.15) is 17.8 Å². The Hall–Kier alpha value is -3.48. The lowest BCUT2D eigenvalue weighted by Crippen LogP contribution is -2.28. The second-order valence-corrected chi connectivity index (χ2v) is 6.87. The van der Waals surface area contributed by atoms with Gasteiger partial charge in [-0.3, -0.25) is 9.59 Å². The van der Waals surface area contributed by atoms with Gasteiger partial charge in [0.2, 0.25) is 11.8 Å². The molecule has 3 aromatic rings. The van der Waals surface area contributed by atoms with Gasteiger partial charge in [0, 0.05) is 30.8 Å². The van der Waals surface area contributed by atoms with Gasteiger partial charge in [-0.25, -0.2) is 0 Å². The molecule has 0 radical (unpaired) electrons. The fraction of sp³-hybridized carbons (Fsp3) is 0.238. The Morgan fingerprint density at radius 2 is 1.93 bits per heavy atom. The van der Waals surface area contributed by atoms with Crippen molar-refractivity contribution < 1.29 is 14.1 Å². The number of benzene rings is 2. The molecule has 1 aliphatic heterocycles. The van der Waals surface area contributed by atoms with Gasteiger partial charge in [0.1, 0.15) is 0 Å². The molecule has 2 amide bonds. The summed E-state index contributed by atoms with van der Waals surface area (Å²) >= 11 is 0. The maximum Gasteiger partial charge on any atom is 0.257 e. The summed E-state index contributed by atoms with van der Waals surface area (Å²) in [5, 5.41) is 6.66. The predicted molar refractivity (Wildman–Crippen MR) is 103 cm³/mol. The van der Waals surface area contributed by atoms with E-state index in [9.17, 15) is 9.59 Å². The van der Waals surface area contributed by atoms with E-state index in [1.807, 2.05) is 42.5 Å². The molecular formula is C21H20N4O3. The number of carbonyl (C=O) groups is 2. The number of nitrogens with zero attached hydrogens (tertiary/aromatic N) is 3. The molecule has 28 heavy (non-hydrogen) atoms. The SMILES string of the molecule is Cc1noc(-c2ccc(NC(=O)[C@H]3CC(=O)N(Cc4ccccc4)C3)cc2)n1. The summed E-state index contributed by atoms with van der Waals surface area (Å²) in [7, 11) is 0. The Morgan fingerprint density at radius 3 is 2.61 bits per heavy atom. The molecule has 0 saturated carbocycles. The third-order valence-electron chi connectivity index (χ3n) is 4.73. The largest absolute Gasteiger partial charge is 0.338 e. The number of carbonyl (C=O) groups excluding carboxylic acids is 2. The highest BCUT2D eigenvalue weighted by molar-refractivity contribution is 5.97. The third-order valence-corrected chi connectivity index (χ3v) is 4.73. The third kappa shape index (κ3) is 3.93. The Labute approximate surface area is 162 Å². The number of aromatic nitrogens is 2. The number of aryl methyl sites for hydroxylation is 1. The lowest BCUT2D eigenvalue weighted by atomic mass is 10.1. The van der Waals surface area contributed by atoms with E-state index >= 15 is 0 Å². The minimum atomic E-state index is -0.352. The second-order valence-electron chi connectivity index (χ2n) is 6.87. The average Bonchev–Trinajstić information content (AvgIpc) is 3.29. The smallest absolute Gasteiger partial charge is 0.257 e. The highest BCUT2D eigenvalue weighted by atomic mass is 16.5. The average molecular weight is 376 g/mol. The first-order chi connectivity index (χ1) is 13.6. The van der Waals surface area contributed by atoms with Crippen LogP contribution in [0.25, 0.3) is 11.5 Å². The van der Waals surface area contributed by atoms with E-state index < -0.39 is 0 Å². The lowest BCUT2D eigenvalue weighted by Gasteiger charge is -2.16. The molecule has 7 nitrogen and oxygen atoms in total. The van der Waals surface area contributed by atoms with E-state index in [-0.39, 0.29) is 24.2 Å². The standard InChI is InChI=1S/C21H20N4O3/c1-14-22-21(28-24-14)16-7-9-18(10-8-16)23-20(27)17-11-19(26)25(13-17)12-15-5-3-2-4-6-15/h2-10,17H,11-13H2,1H3,(H,23,27)/t17-/m0/s1. The quantitative estimate of drug-likeness (QED) is 0.739. The fourth-order valence-corrected chi connectivity index (χ4v) is 3.26. The van der Waals surface area contributed by atoms with Crippen LogP contribution in [0.15, 0.2) is 59.1 Å². The fourth-order valence-electron chi connectivity index (χ4n) is 3.26. The van der Waals surface area contributed by atoms with Crippen LogP contribution in [0.4, 0.5) is 5.69 Å². The van der Waals surface area contributed by atoms with Crippen LogP contribution in [0, 0.1) is 12.8 Å². The zero-order chi connectivity index (χ0) is 19.5. The van der Waals surface area contributed by atoms with Crippen molar-refractivity contribution in [1.82, 2.24) is 15.0 Å². The highest BCUT2D eigenvalue weighted by Gasteiger charge is 2.34. The van der Waals surface area contributed by atoms with Crippen molar-refractivity contribution in [3.8, 4) is 11.5 Å². The molecule has 1 saturated heterocycles. The molecular weight excluding hydrogens is 356 g/mol. The van der Waals surface area contributed by atoms with Crippen LogP contribution in [0.3, 0.4) is 0 Å². The molecule has 1 aromatic heterocycles. The molecule has 2 aromatic carbocycles. The van der Waals surface area contributed by atoms with E-state index in [0.717, 1.165) is 11.1 Å². The van der Waals surface area contributed by atoms with Gasteiger partial charge >= 0.3 is 0 Å². The van der Waals surface area contributed by atoms with Crippen molar-refractivity contribution in [2.24, 2.45) is 5.92 Å². The summed E-state index contributed by atoms with van der Waals surface area (Å²) in [4.78, 5) is 30.8. The zero-order valence-electron chi connectivity index (χ0n) is 15.5. The van der Waals surface area contributed by atoms with Crippen molar-refractivity contribution in [3.63, 3.8) is 0 Å². The summed E-state index contributed by atoms with van der Waals surface area (Å²) in [6.45, 7) is 2.71. The van der Waals surface area contributed by atoms with Crippen molar-refractivity contribution in [3.05, 3.63) is 66.0 Å². The number of hydrogen-bond donors (Lipinski definition) is 1. The Kier molecular flexibility index (Phi) is 4.89. The Balaban J connectivity index is 1.36. The summed E-state index contributed by atoms with van der Waals surface area (Å²) < 4.78 is 5.13. The van der Waals surface area contributed by atoms with Crippen molar-refractivity contribution in [2.75, 3.05) is 11.9 Å². The van der Waals surface area contributed by atoms with Crippen LogP contribution in [0.2, 0.25) is 0 Å². The number of nitrogens with one attached hydrogen (secondary N) is 1. The van der Waals surface area contributed by atoms with Gasteiger partial charge in [-0.05, 0) is 36.8 Å². The summed E-state index contributed by atoms with van der Waals surface area (Å²) in [6.07, 6.45) is 0.234. The first kappa shape index (κ1) is 17.9. The van der Waals surface area contributed by atoms with E-state index in [1.54, 1.807) is 24.0 Å². The van der Waals surface area contributed by atoms with Gasteiger partial charge in [-0.2, -0.15) is 4.98 Å². The van der Waals surface area contributed by atoms with Gasteiger partial charge in [-0.15, -0.1) is 0 Å². The Bertz CT molecular complexity index is 982. The van der Waals surface area contributed by atoms with E-state index in [1.165, 1.54) is 0 Å². The minimum Gasteiger partial charge on any atom is -0.338 e. The monoisotopic (exact) mass is 376 g/mol. The van der Waals surface area contributed by atoms with Crippen LogP contribution >= 0.6 is 0 Å². The van der Waals surface area contributed by atoms with Crippen LogP contribution in [0.5, 0.6) is 0 Å². The molecule has 0 unspecified atom stereocenters. The van der Waals surface area contributed by atoms with Crippen molar-refractivity contribution in [1.29, 1.82) is 0 Å². The first-order valence-electron chi connectivity index (χ1n) is 9.12. The molecule has 1 aliphatic rings. The van der Waals surface area contributed by atoms with E-state index in [4.69, 9.17) is 4.52 Å². The number of hydrogen-bond acceptors (Lipinski definition) is 5. The van der Waals surface area contributed by atoms with Gasteiger partial charge in [0.15, 0.2) is 5.82 Å². The van der Waals surface area contributed by atoms with Gasteiger partial charge in [0.25, 0.3) is 5.89 Å². The molecule has 7 heteroatoms. The number of rotatable bonds is 5. The first-order valence-corrected chi connectivity index (χ1v) is 9.12. The van der Waals surface area contributed by atoms with Crippen molar-refractivity contribution >= 4 is 17.5 Å². The highest BCUT2D eigenvalue weighted by Crippen LogP contribution is 2.23. The van der Waals surface area contributed by atoms with Crippen LogP contribution in [-0.2, 0) is 16.1 Å². The summed E-state index contributed by atoms with van der Waals surface area (Å²) in [5.41, 5.74) is 2.51. The molecule has 1 N–H and O–H groups in total. The normalized spacial score (nSPS) is 16.4. The maximum atomic E-state index is 12.6. The maximum absolute atomic E-state index is 12.6. The lowest BCUT2D eigenvalue weighted by molar-refractivity contribution is -0.128. The molecule has 2 heterocycles. The molecule has 1 atom stereocenters. The van der Waals surface area contributed by atoms with Crippen LogP contribution in [-0.4, -0.2) is 33.4 Å².